The molecular formula is C44H28N6. The molecule has 0 bridgehead atoms. The molecule has 50 heavy (non-hydrogen) atoms. The maximum Gasteiger partial charge on any atom is 0.238 e. The summed E-state index contributed by atoms with van der Waals surface area (Å²) in [7, 11) is 0. The normalized spacial score (nSPS) is 11.6. The van der Waals surface area contributed by atoms with E-state index in [9.17, 15) is 0 Å². The first-order valence-corrected chi connectivity index (χ1v) is 16.7. The molecule has 0 unspecified atom stereocenters. The van der Waals surface area contributed by atoms with Crippen molar-refractivity contribution < 1.29 is 0 Å². The number of hydrogen-bond donors (Lipinski definition) is 0. The van der Waals surface area contributed by atoms with Gasteiger partial charge in [0.05, 0.1) is 22.1 Å². The van der Waals surface area contributed by atoms with Crippen LogP contribution in [0.5, 0.6) is 0 Å². The average molecular weight is 641 g/mol. The minimum absolute atomic E-state index is 0.577. The van der Waals surface area contributed by atoms with E-state index in [0.717, 1.165) is 71.6 Å². The number of benzene rings is 6. The van der Waals surface area contributed by atoms with Gasteiger partial charge >= 0.3 is 0 Å². The topological polar surface area (TPSA) is 61.4 Å². The Morgan fingerprint density at radius 1 is 0.400 bits per heavy atom. The van der Waals surface area contributed by atoms with Gasteiger partial charge in [0.2, 0.25) is 5.95 Å². The molecule has 10 aromatic rings. The second kappa shape index (κ2) is 11.4. The smallest absolute Gasteiger partial charge is 0.238 e. The van der Waals surface area contributed by atoms with Crippen molar-refractivity contribution in [2.24, 2.45) is 0 Å². The maximum atomic E-state index is 5.11. The highest BCUT2D eigenvalue weighted by molar-refractivity contribution is 6.17. The summed E-state index contributed by atoms with van der Waals surface area (Å²) >= 11 is 0. The SMILES string of the molecule is c1ccc(-c2nc(-c3ccccc3)nc(-n3c4ccccc4c4c(-c5ccc6c(c5)c5cnccc5n6-c5ccccc5)cccc43)n2)cc1. The molecule has 0 atom stereocenters. The standard InChI is InChI=1S/C44H28N6/c1-4-13-29(14-5-1)42-46-43(30-15-6-2-7-16-30)48-44(47-42)50-37-21-11-10-19-34(37)41-33(20-12-22-40(41)50)31-23-24-38-35(27-31)36-28-45-26-25-39(36)49(38)32-17-8-3-9-18-32/h1-28H. The highest BCUT2D eigenvalue weighted by atomic mass is 15.2. The number of para-hydroxylation sites is 2. The molecular weight excluding hydrogens is 613 g/mol. The molecule has 6 heteroatoms. The van der Waals surface area contributed by atoms with Gasteiger partial charge in [-0.15, -0.1) is 0 Å². The number of hydrogen-bond acceptors (Lipinski definition) is 4. The summed E-state index contributed by atoms with van der Waals surface area (Å²) in [5.41, 5.74) is 9.61. The zero-order chi connectivity index (χ0) is 33.0. The molecule has 234 valence electrons. The summed E-state index contributed by atoms with van der Waals surface area (Å²) in [6.45, 7) is 0. The number of pyridine rings is 1. The summed E-state index contributed by atoms with van der Waals surface area (Å²) in [6, 6.07) is 54.6. The van der Waals surface area contributed by atoms with Gasteiger partial charge in [-0.05, 0) is 53.6 Å². The first kappa shape index (κ1) is 28.1. The van der Waals surface area contributed by atoms with Crippen LogP contribution in [0.15, 0.2) is 170 Å². The molecule has 0 amide bonds. The largest absolute Gasteiger partial charge is 0.309 e. The molecule has 0 saturated heterocycles. The third-order valence-electron chi connectivity index (χ3n) is 9.48. The quantitative estimate of drug-likeness (QED) is 0.188. The Bertz CT molecular complexity index is 2800. The fraction of sp³-hybridized carbons (Fsp3) is 0. The van der Waals surface area contributed by atoms with Crippen LogP contribution in [-0.4, -0.2) is 29.1 Å². The molecule has 0 aliphatic rings. The van der Waals surface area contributed by atoms with Gasteiger partial charge in [0.1, 0.15) is 0 Å². The molecule has 6 nitrogen and oxygen atoms in total. The van der Waals surface area contributed by atoms with E-state index >= 15 is 0 Å². The van der Waals surface area contributed by atoms with Gasteiger partial charge in [-0.25, -0.2) is 4.98 Å². The minimum Gasteiger partial charge on any atom is -0.309 e. The molecule has 0 radical (unpaired) electrons. The fourth-order valence-electron chi connectivity index (χ4n) is 7.26. The molecule has 6 aromatic carbocycles. The summed E-state index contributed by atoms with van der Waals surface area (Å²) in [5.74, 6) is 1.84. The Kier molecular flexibility index (Phi) is 6.39. The molecule has 0 N–H and O–H groups in total. The highest BCUT2D eigenvalue weighted by Gasteiger charge is 2.21. The van der Waals surface area contributed by atoms with Crippen LogP contribution in [0.2, 0.25) is 0 Å². The van der Waals surface area contributed by atoms with E-state index in [4.69, 9.17) is 15.0 Å². The first-order chi connectivity index (χ1) is 24.8. The number of rotatable bonds is 5. The van der Waals surface area contributed by atoms with Gasteiger partial charge in [-0.2, -0.15) is 9.97 Å². The lowest BCUT2D eigenvalue weighted by Gasteiger charge is -2.11. The van der Waals surface area contributed by atoms with Crippen molar-refractivity contribution in [3.63, 3.8) is 0 Å². The van der Waals surface area contributed by atoms with Crippen LogP contribution >= 0.6 is 0 Å². The van der Waals surface area contributed by atoms with Crippen LogP contribution < -0.4 is 0 Å². The molecule has 4 aromatic heterocycles. The van der Waals surface area contributed by atoms with E-state index < -0.39 is 0 Å². The highest BCUT2D eigenvalue weighted by Crippen LogP contribution is 2.41. The Morgan fingerprint density at radius 2 is 1.02 bits per heavy atom. The van der Waals surface area contributed by atoms with Crippen LogP contribution in [0.3, 0.4) is 0 Å². The molecule has 10 rings (SSSR count). The van der Waals surface area contributed by atoms with Crippen LogP contribution in [0, 0.1) is 0 Å². The van der Waals surface area contributed by atoms with E-state index in [2.05, 4.69) is 111 Å². The van der Waals surface area contributed by atoms with E-state index in [1.54, 1.807) is 0 Å². The Hall–Kier alpha value is -6.92. The lowest BCUT2D eigenvalue weighted by molar-refractivity contribution is 0.953. The fourth-order valence-corrected chi connectivity index (χ4v) is 7.26. The number of nitrogens with zero attached hydrogens (tertiary/aromatic N) is 6. The zero-order valence-electron chi connectivity index (χ0n) is 26.8. The average Bonchev–Trinajstić information content (AvgIpc) is 3.71. The van der Waals surface area contributed by atoms with Crippen molar-refractivity contribution in [2.45, 2.75) is 0 Å². The zero-order valence-corrected chi connectivity index (χ0v) is 26.8. The Morgan fingerprint density at radius 3 is 1.76 bits per heavy atom. The molecule has 0 fully saturated rings. The second-order valence-electron chi connectivity index (χ2n) is 12.4. The Balaban J connectivity index is 1.23. The van der Waals surface area contributed by atoms with Gasteiger partial charge < -0.3 is 4.57 Å². The van der Waals surface area contributed by atoms with Gasteiger partial charge in [0.25, 0.3) is 0 Å². The van der Waals surface area contributed by atoms with E-state index in [-0.39, 0.29) is 0 Å². The third kappa shape index (κ3) is 4.43. The lowest BCUT2D eigenvalue weighted by atomic mass is 9.98. The number of fused-ring (bicyclic) bond motifs is 6. The predicted molar refractivity (Wildman–Crippen MR) is 203 cm³/mol. The lowest BCUT2D eigenvalue weighted by Crippen LogP contribution is -2.06. The monoisotopic (exact) mass is 640 g/mol. The summed E-state index contributed by atoms with van der Waals surface area (Å²) < 4.78 is 4.50. The van der Waals surface area contributed by atoms with E-state index in [1.165, 1.54) is 0 Å². The predicted octanol–water partition coefficient (Wildman–Crippen LogP) is 10.5. The van der Waals surface area contributed by atoms with Gasteiger partial charge in [-0.1, -0.05) is 115 Å². The van der Waals surface area contributed by atoms with Crippen molar-refractivity contribution in [1.82, 2.24) is 29.1 Å². The molecule has 0 spiro atoms. The van der Waals surface area contributed by atoms with E-state index in [1.807, 2.05) is 73.1 Å². The van der Waals surface area contributed by atoms with Crippen molar-refractivity contribution >= 4 is 43.6 Å². The first-order valence-electron chi connectivity index (χ1n) is 16.7. The van der Waals surface area contributed by atoms with Crippen LogP contribution in [0.25, 0.3) is 89.2 Å². The van der Waals surface area contributed by atoms with Crippen molar-refractivity contribution in [2.75, 3.05) is 0 Å². The van der Waals surface area contributed by atoms with Gasteiger partial charge in [0.15, 0.2) is 11.6 Å². The molecule has 0 aliphatic heterocycles. The van der Waals surface area contributed by atoms with Crippen molar-refractivity contribution in [3.05, 3.63) is 170 Å². The van der Waals surface area contributed by atoms with Crippen LogP contribution in [0.4, 0.5) is 0 Å². The summed E-state index contributed by atoms with van der Waals surface area (Å²) in [5, 5.41) is 4.56. The third-order valence-corrected chi connectivity index (χ3v) is 9.48. The van der Waals surface area contributed by atoms with Crippen LogP contribution in [0.1, 0.15) is 0 Å². The van der Waals surface area contributed by atoms with Gasteiger partial charge in [-0.3, -0.25) is 9.55 Å². The van der Waals surface area contributed by atoms with E-state index in [0.29, 0.717) is 17.6 Å². The summed E-state index contributed by atoms with van der Waals surface area (Å²) in [4.78, 5) is 19.7. The second-order valence-corrected chi connectivity index (χ2v) is 12.4. The van der Waals surface area contributed by atoms with Crippen molar-refractivity contribution in [1.29, 1.82) is 0 Å². The Labute approximate surface area is 287 Å². The molecule has 4 heterocycles. The van der Waals surface area contributed by atoms with Crippen molar-refractivity contribution in [3.8, 4) is 45.5 Å². The maximum absolute atomic E-state index is 5.11. The molecule has 0 saturated carbocycles. The minimum atomic E-state index is 0.577. The summed E-state index contributed by atoms with van der Waals surface area (Å²) in [6.07, 6.45) is 3.84. The number of aromatic nitrogens is 6. The van der Waals surface area contributed by atoms with Crippen LogP contribution in [-0.2, 0) is 0 Å². The molecule has 0 aliphatic carbocycles. The van der Waals surface area contributed by atoms with Gasteiger partial charge in [0, 0.05) is 50.8 Å².